The number of H-pyrrole nitrogens is 1. The number of aromatic nitrogens is 2. The molecule has 0 bridgehead atoms. The number of aromatic amines is 1. The van der Waals surface area contributed by atoms with Gasteiger partial charge in [-0.15, -0.1) is 0 Å². The lowest BCUT2D eigenvalue weighted by molar-refractivity contribution is -0.137. The van der Waals surface area contributed by atoms with Gasteiger partial charge in [-0.3, -0.25) is 14.7 Å². The van der Waals surface area contributed by atoms with E-state index in [1.54, 1.807) is 12.1 Å². The molecule has 7 heteroatoms. The van der Waals surface area contributed by atoms with Crippen LogP contribution in [0.1, 0.15) is 36.0 Å². The number of carboxylic acids is 1. The quantitative estimate of drug-likeness (QED) is 0.652. The molecule has 1 amide bonds. The average Bonchev–Trinajstić information content (AvgIpc) is 3.00. The van der Waals surface area contributed by atoms with Crippen LogP contribution in [0, 0.1) is 5.82 Å². The smallest absolute Gasteiger partial charge is 0.303 e. The van der Waals surface area contributed by atoms with Crippen molar-refractivity contribution in [2.45, 2.75) is 25.7 Å². The molecule has 23 heavy (non-hydrogen) atoms. The Hall–Kier alpha value is -2.70. The first-order valence-electron chi connectivity index (χ1n) is 7.37. The molecule has 0 spiro atoms. The molecule has 2 aromatic rings. The maximum absolute atomic E-state index is 13.0. The Labute approximate surface area is 132 Å². The largest absolute Gasteiger partial charge is 0.481 e. The number of hydrogen-bond acceptors (Lipinski definition) is 3. The van der Waals surface area contributed by atoms with Crippen LogP contribution in [0.15, 0.2) is 30.5 Å². The van der Waals surface area contributed by atoms with Crippen LogP contribution in [-0.4, -0.2) is 33.7 Å². The number of halogens is 1. The topological polar surface area (TPSA) is 95.1 Å². The van der Waals surface area contributed by atoms with Crippen molar-refractivity contribution < 1.29 is 19.1 Å². The number of carboxylic acid groups (broad SMARTS) is 1. The number of aliphatic carboxylic acids is 1. The molecule has 1 aromatic carbocycles. The molecule has 0 aliphatic rings. The van der Waals surface area contributed by atoms with Gasteiger partial charge in [0.2, 0.25) is 0 Å². The third kappa shape index (κ3) is 4.91. The summed E-state index contributed by atoms with van der Waals surface area (Å²) in [5.41, 5.74) is 1.60. The van der Waals surface area contributed by atoms with E-state index in [1.165, 1.54) is 18.3 Å². The second-order valence-corrected chi connectivity index (χ2v) is 5.13. The molecular weight excluding hydrogens is 301 g/mol. The lowest BCUT2D eigenvalue weighted by atomic mass is 10.1. The standard InChI is InChI=1S/C16H18FN3O3/c17-12-7-5-11(6-8-12)15-13(10-19-20-15)16(23)18-9-3-1-2-4-14(21)22/h5-8,10H,1-4,9H2,(H,18,23)(H,19,20)(H,21,22). The Morgan fingerprint density at radius 1 is 1.17 bits per heavy atom. The van der Waals surface area contributed by atoms with E-state index >= 15 is 0 Å². The summed E-state index contributed by atoms with van der Waals surface area (Å²) >= 11 is 0. The van der Waals surface area contributed by atoms with Crippen molar-refractivity contribution in [3.8, 4) is 11.3 Å². The molecule has 1 aromatic heterocycles. The molecule has 0 saturated heterocycles. The first-order chi connectivity index (χ1) is 11.1. The predicted octanol–water partition coefficient (Wildman–Crippen LogP) is 2.59. The summed E-state index contributed by atoms with van der Waals surface area (Å²) in [5, 5.41) is 17.9. The van der Waals surface area contributed by atoms with Gasteiger partial charge in [-0.2, -0.15) is 5.10 Å². The maximum Gasteiger partial charge on any atom is 0.303 e. The van der Waals surface area contributed by atoms with Crippen LogP contribution in [0.4, 0.5) is 4.39 Å². The fourth-order valence-electron chi connectivity index (χ4n) is 2.17. The van der Waals surface area contributed by atoms with Crippen LogP contribution >= 0.6 is 0 Å². The van der Waals surface area contributed by atoms with Crippen LogP contribution in [-0.2, 0) is 4.79 Å². The molecule has 0 aliphatic heterocycles. The minimum Gasteiger partial charge on any atom is -0.481 e. The van der Waals surface area contributed by atoms with Gasteiger partial charge in [-0.25, -0.2) is 4.39 Å². The number of amides is 1. The Morgan fingerprint density at radius 3 is 2.61 bits per heavy atom. The highest BCUT2D eigenvalue weighted by Gasteiger charge is 2.14. The molecule has 0 aliphatic carbocycles. The number of nitrogens with one attached hydrogen (secondary N) is 2. The number of carbonyl (C=O) groups excluding carboxylic acids is 1. The fourth-order valence-corrected chi connectivity index (χ4v) is 2.17. The van der Waals surface area contributed by atoms with Gasteiger partial charge in [-0.05, 0) is 37.1 Å². The number of carbonyl (C=O) groups is 2. The summed E-state index contributed by atoms with van der Waals surface area (Å²) in [6, 6.07) is 5.79. The number of rotatable bonds is 8. The number of benzene rings is 1. The van der Waals surface area contributed by atoms with Crippen LogP contribution in [0.5, 0.6) is 0 Å². The molecule has 6 nitrogen and oxygen atoms in total. The van der Waals surface area contributed by atoms with Crippen LogP contribution < -0.4 is 5.32 Å². The Kier molecular flexibility index (Phi) is 5.85. The molecule has 1 heterocycles. The van der Waals surface area contributed by atoms with E-state index in [0.29, 0.717) is 36.2 Å². The van der Waals surface area contributed by atoms with E-state index in [9.17, 15) is 14.0 Å². The summed E-state index contributed by atoms with van der Waals surface area (Å²) in [7, 11) is 0. The number of unbranched alkanes of at least 4 members (excludes halogenated alkanes) is 2. The van der Waals surface area contributed by atoms with Gasteiger partial charge in [0, 0.05) is 18.5 Å². The second kappa shape index (κ2) is 8.07. The van der Waals surface area contributed by atoms with E-state index in [2.05, 4.69) is 15.5 Å². The molecular formula is C16H18FN3O3. The molecule has 0 radical (unpaired) electrons. The highest BCUT2D eigenvalue weighted by molar-refractivity contribution is 5.99. The first kappa shape index (κ1) is 16.7. The summed E-state index contributed by atoms with van der Waals surface area (Å²) in [5.74, 6) is -1.42. The molecule has 0 atom stereocenters. The molecule has 0 saturated carbocycles. The van der Waals surface area contributed by atoms with Crippen LogP contribution in [0.3, 0.4) is 0 Å². The minimum absolute atomic E-state index is 0.143. The summed E-state index contributed by atoms with van der Waals surface area (Å²) in [6.07, 6.45) is 3.62. The molecule has 0 fully saturated rings. The van der Waals surface area contributed by atoms with Gasteiger partial charge in [0.25, 0.3) is 5.91 Å². The van der Waals surface area contributed by atoms with Gasteiger partial charge in [0.1, 0.15) is 5.82 Å². The minimum atomic E-state index is -0.809. The normalized spacial score (nSPS) is 10.5. The van der Waals surface area contributed by atoms with Gasteiger partial charge in [-0.1, -0.05) is 6.42 Å². The Balaban J connectivity index is 1.87. The van der Waals surface area contributed by atoms with Crippen molar-refractivity contribution in [1.82, 2.24) is 15.5 Å². The lowest BCUT2D eigenvalue weighted by Gasteiger charge is -2.06. The Bertz CT molecular complexity index is 667. The zero-order chi connectivity index (χ0) is 16.7. The fraction of sp³-hybridized carbons (Fsp3) is 0.312. The van der Waals surface area contributed by atoms with Crippen LogP contribution in [0.25, 0.3) is 11.3 Å². The van der Waals surface area contributed by atoms with E-state index in [1.807, 2.05) is 0 Å². The zero-order valence-electron chi connectivity index (χ0n) is 12.5. The summed E-state index contributed by atoms with van der Waals surface area (Å²) < 4.78 is 13.0. The Morgan fingerprint density at radius 2 is 1.91 bits per heavy atom. The monoisotopic (exact) mass is 319 g/mol. The first-order valence-corrected chi connectivity index (χ1v) is 7.37. The van der Waals surface area contributed by atoms with Crippen molar-refractivity contribution >= 4 is 11.9 Å². The third-order valence-electron chi connectivity index (χ3n) is 3.37. The van der Waals surface area contributed by atoms with Gasteiger partial charge in [0.05, 0.1) is 17.5 Å². The molecule has 0 unspecified atom stereocenters. The van der Waals surface area contributed by atoms with E-state index in [0.717, 1.165) is 6.42 Å². The molecule has 3 N–H and O–H groups in total. The summed E-state index contributed by atoms with van der Waals surface area (Å²) in [4.78, 5) is 22.6. The lowest BCUT2D eigenvalue weighted by Crippen LogP contribution is -2.24. The second-order valence-electron chi connectivity index (χ2n) is 5.13. The van der Waals surface area contributed by atoms with Gasteiger partial charge in [0.15, 0.2) is 0 Å². The van der Waals surface area contributed by atoms with Crippen molar-refractivity contribution in [3.05, 3.63) is 41.8 Å². The van der Waals surface area contributed by atoms with Crippen molar-refractivity contribution in [2.24, 2.45) is 0 Å². The van der Waals surface area contributed by atoms with Gasteiger partial charge < -0.3 is 10.4 Å². The predicted molar refractivity (Wildman–Crippen MR) is 82.4 cm³/mol. The van der Waals surface area contributed by atoms with E-state index < -0.39 is 5.97 Å². The van der Waals surface area contributed by atoms with Crippen molar-refractivity contribution in [1.29, 1.82) is 0 Å². The highest BCUT2D eigenvalue weighted by atomic mass is 19.1. The number of hydrogen-bond donors (Lipinski definition) is 3. The zero-order valence-corrected chi connectivity index (χ0v) is 12.5. The average molecular weight is 319 g/mol. The molecule has 122 valence electrons. The van der Waals surface area contributed by atoms with E-state index in [4.69, 9.17) is 5.11 Å². The van der Waals surface area contributed by atoms with Crippen LogP contribution in [0.2, 0.25) is 0 Å². The van der Waals surface area contributed by atoms with Crippen molar-refractivity contribution in [3.63, 3.8) is 0 Å². The van der Waals surface area contributed by atoms with Gasteiger partial charge >= 0.3 is 5.97 Å². The third-order valence-corrected chi connectivity index (χ3v) is 3.37. The van der Waals surface area contributed by atoms with E-state index in [-0.39, 0.29) is 18.1 Å². The number of nitrogens with zero attached hydrogens (tertiary/aromatic N) is 1. The molecule has 2 rings (SSSR count). The summed E-state index contributed by atoms with van der Waals surface area (Å²) in [6.45, 7) is 0.465. The SMILES string of the molecule is O=C(O)CCCCCNC(=O)c1cn[nH]c1-c1ccc(F)cc1. The maximum atomic E-state index is 13.0. The van der Waals surface area contributed by atoms with Crippen molar-refractivity contribution in [2.75, 3.05) is 6.54 Å². The highest BCUT2D eigenvalue weighted by Crippen LogP contribution is 2.21.